The van der Waals surface area contributed by atoms with E-state index in [2.05, 4.69) is 0 Å². The largest absolute Gasteiger partial charge is 0.114 e. The van der Waals surface area contributed by atoms with Crippen molar-refractivity contribution in [2.24, 2.45) is 0 Å². The SMILES string of the molecule is CC(C)=CC(Cl)C=C(C)C. The molecule has 0 saturated heterocycles. The molecule has 0 saturated carbocycles. The van der Waals surface area contributed by atoms with Gasteiger partial charge in [-0.2, -0.15) is 0 Å². The van der Waals surface area contributed by atoms with Crippen molar-refractivity contribution in [1.82, 2.24) is 0 Å². The second kappa shape index (κ2) is 4.56. The molecule has 0 atom stereocenters. The van der Waals surface area contributed by atoms with Crippen LogP contribution >= 0.6 is 11.6 Å². The number of hydrogen-bond donors (Lipinski definition) is 0. The molecular weight excluding hydrogens is 144 g/mol. The molecule has 0 radical (unpaired) electrons. The van der Waals surface area contributed by atoms with Gasteiger partial charge in [-0.1, -0.05) is 23.3 Å². The zero-order chi connectivity index (χ0) is 8.15. The highest BCUT2D eigenvalue weighted by atomic mass is 35.5. The molecule has 0 spiro atoms. The van der Waals surface area contributed by atoms with Gasteiger partial charge in [0.25, 0.3) is 0 Å². The number of rotatable bonds is 2. The average molecular weight is 159 g/mol. The van der Waals surface area contributed by atoms with Crippen LogP contribution in [0.25, 0.3) is 0 Å². The lowest BCUT2D eigenvalue weighted by atomic mass is 10.2. The Kier molecular flexibility index (Phi) is 4.46. The van der Waals surface area contributed by atoms with Crippen LogP contribution in [0.3, 0.4) is 0 Å². The Morgan fingerprint density at radius 3 is 1.50 bits per heavy atom. The Labute approximate surface area is 68.6 Å². The molecule has 0 heterocycles. The third-order valence-corrected chi connectivity index (χ3v) is 1.24. The van der Waals surface area contributed by atoms with Gasteiger partial charge < -0.3 is 0 Å². The van der Waals surface area contributed by atoms with Gasteiger partial charge in [0.05, 0.1) is 5.38 Å². The molecule has 1 heteroatoms. The lowest BCUT2D eigenvalue weighted by Gasteiger charge is -1.97. The van der Waals surface area contributed by atoms with Crippen LogP contribution in [0.15, 0.2) is 23.3 Å². The quantitative estimate of drug-likeness (QED) is 0.426. The molecule has 0 aromatic heterocycles. The lowest BCUT2D eigenvalue weighted by Crippen LogP contribution is -1.88. The molecule has 0 rings (SSSR count). The minimum absolute atomic E-state index is 0.0648. The van der Waals surface area contributed by atoms with E-state index < -0.39 is 0 Å². The van der Waals surface area contributed by atoms with Crippen LogP contribution in [0, 0.1) is 0 Å². The van der Waals surface area contributed by atoms with Gasteiger partial charge in [-0.3, -0.25) is 0 Å². The molecule has 0 aromatic carbocycles. The number of allylic oxidation sites excluding steroid dienone is 4. The zero-order valence-corrected chi connectivity index (χ0v) is 7.87. The first-order valence-corrected chi connectivity index (χ1v) is 3.90. The van der Waals surface area contributed by atoms with E-state index in [-0.39, 0.29) is 5.38 Å². The summed E-state index contributed by atoms with van der Waals surface area (Å²) in [5, 5.41) is 0.0648. The van der Waals surface area contributed by atoms with Gasteiger partial charge in [-0.25, -0.2) is 0 Å². The van der Waals surface area contributed by atoms with Gasteiger partial charge in [0.1, 0.15) is 0 Å². The van der Waals surface area contributed by atoms with E-state index in [1.807, 2.05) is 39.8 Å². The second-order valence-electron chi connectivity index (χ2n) is 2.93. The Bertz CT molecular complexity index is 128. The van der Waals surface area contributed by atoms with E-state index >= 15 is 0 Å². The summed E-state index contributed by atoms with van der Waals surface area (Å²) in [5.74, 6) is 0. The van der Waals surface area contributed by atoms with Gasteiger partial charge >= 0.3 is 0 Å². The molecule has 0 N–H and O–H groups in total. The van der Waals surface area contributed by atoms with E-state index in [1.165, 1.54) is 11.1 Å². The highest BCUT2D eigenvalue weighted by molar-refractivity contribution is 6.23. The van der Waals surface area contributed by atoms with Gasteiger partial charge in [-0.15, -0.1) is 11.6 Å². The fourth-order valence-electron chi connectivity index (χ4n) is 0.685. The maximum atomic E-state index is 5.92. The van der Waals surface area contributed by atoms with Gasteiger partial charge in [0.2, 0.25) is 0 Å². The van der Waals surface area contributed by atoms with Crippen molar-refractivity contribution in [2.75, 3.05) is 0 Å². The van der Waals surface area contributed by atoms with Crippen molar-refractivity contribution in [2.45, 2.75) is 33.1 Å². The standard InChI is InChI=1S/C9H15Cl/c1-7(2)5-9(10)6-8(3)4/h5-6,9H,1-4H3. The minimum atomic E-state index is 0.0648. The van der Waals surface area contributed by atoms with E-state index in [1.54, 1.807) is 0 Å². The predicted molar refractivity (Wildman–Crippen MR) is 48.5 cm³/mol. The van der Waals surface area contributed by atoms with Crippen molar-refractivity contribution >= 4 is 11.6 Å². The van der Waals surface area contributed by atoms with E-state index in [0.29, 0.717) is 0 Å². The molecule has 58 valence electrons. The topological polar surface area (TPSA) is 0 Å². The van der Waals surface area contributed by atoms with Gasteiger partial charge in [-0.05, 0) is 27.7 Å². The number of hydrogen-bond acceptors (Lipinski definition) is 0. The summed E-state index contributed by atoms with van der Waals surface area (Å²) < 4.78 is 0. The summed E-state index contributed by atoms with van der Waals surface area (Å²) in [4.78, 5) is 0. The second-order valence-corrected chi connectivity index (χ2v) is 3.44. The molecule has 0 amide bonds. The third-order valence-electron chi connectivity index (χ3n) is 0.985. The number of alkyl halides is 1. The third kappa shape index (κ3) is 5.90. The summed E-state index contributed by atoms with van der Waals surface area (Å²) >= 11 is 5.92. The molecule has 0 bridgehead atoms. The van der Waals surface area contributed by atoms with Crippen LogP contribution < -0.4 is 0 Å². The van der Waals surface area contributed by atoms with Crippen LogP contribution in [0.4, 0.5) is 0 Å². The van der Waals surface area contributed by atoms with E-state index in [4.69, 9.17) is 11.6 Å². The molecule has 0 unspecified atom stereocenters. The molecule has 0 fully saturated rings. The van der Waals surface area contributed by atoms with Crippen molar-refractivity contribution in [3.05, 3.63) is 23.3 Å². The van der Waals surface area contributed by atoms with Crippen LogP contribution in [0.5, 0.6) is 0 Å². The minimum Gasteiger partial charge on any atom is -0.114 e. The fraction of sp³-hybridized carbons (Fsp3) is 0.556. The molecule has 0 nitrogen and oxygen atoms in total. The highest BCUT2D eigenvalue weighted by Gasteiger charge is 1.92. The normalized spacial score (nSPS) is 9.40. The summed E-state index contributed by atoms with van der Waals surface area (Å²) in [6.07, 6.45) is 4.07. The van der Waals surface area contributed by atoms with Gasteiger partial charge in [0.15, 0.2) is 0 Å². The zero-order valence-electron chi connectivity index (χ0n) is 7.11. The summed E-state index contributed by atoms with van der Waals surface area (Å²) in [6, 6.07) is 0. The first-order valence-electron chi connectivity index (χ1n) is 3.46. The first kappa shape index (κ1) is 9.77. The van der Waals surface area contributed by atoms with Crippen molar-refractivity contribution in [3.63, 3.8) is 0 Å². The van der Waals surface area contributed by atoms with Crippen molar-refractivity contribution < 1.29 is 0 Å². The van der Waals surface area contributed by atoms with Gasteiger partial charge in [0, 0.05) is 0 Å². The Hall–Kier alpha value is -0.230. The molecule has 0 aliphatic heterocycles. The maximum absolute atomic E-state index is 5.92. The van der Waals surface area contributed by atoms with Crippen LogP contribution in [-0.4, -0.2) is 5.38 Å². The van der Waals surface area contributed by atoms with Crippen molar-refractivity contribution in [3.8, 4) is 0 Å². The smallest absolute Gasteiger partial charge is 0.0701 e. The average Bonchev–Trinajstić information content (AvgIpc) is 1.58. The van der Waals surface area contributed by atoms with E-state index in [0.717, 1.165) is 0 Å². The van der Waals surface area contributed by atoms with Crippen LogP contribution in [-0.2, 0) is 0 Å². The molecule has 10 heavy (non-hydrogen) atoms. The van der Waals surface area contributed by atoms with Crippen LogP contribution in [0.2, 0.25) is 0 Å². The highest BCUT2D eigenvalue weighted by Crippen LogP contribution is 2.06. The Morgan fingerprint density at radius 2 is 1.30 bits per heavy atom. The molecular formula is C9H15Cl. The van der Waals surface area contributed by atoms with Crippen LogP contribution in [0.1, 0.15) is 27.7 Å². The predicted octanol–water partition coefficient (Wildman–Crippen LogP) is 3.53. The maximum Gasteiger partial charge on any atom is 0.0701 e. The van der Waals surface area contributed by atoms with Crippen molar-refractivity contribution in [1.29, 1.82) is 0 Å². The van der Waals surface area contributed by atoms with E-state index in [9.17, 15) is 0 Å². The first-order chi connectivity index (χ1) is 4.52. The summed E-state index contributed by atoms with van der Waals surface area (Å²) in [7, 11) is 0. The molecule has 0 aliphatic rings. The monoisotopic (exact) mass is 158 g/mol. The number of halogens is 1. The fourth-order valence-corrected chi connectivity index (χ4v) is 1.19. The Morgan fingerprint density at radius 1 is 1.00 bits per heavy atom. The summed E-state index contributed by atoms with van der Waals surface area (Å²) in [5.41, 5.74) is 2.52. The molecule has 0 aromatic rings. The lowest BCUT2D eigenvalue weighted by molar-refractivity contribution is 1.24. The summed E-state index contributed by atoms with van der Waals surface area (Å²) in [6.45, 7) is 8.20. The Balaban J connectivity index is 3.99. The molecule has 0 aliphatic carbocycles.